The molecule has 1 aromatic heterocycles. The van der Waals surface area contributed by atoms with Gasteiger partial charge >= 0.3 is 0 Å². The molecule has 1 aliphatic rings. The molecular formula is C29H40F2N6O2. The van der Waals surface area contributed by atoms with Gasteiger partial charge in [-0.05, 0) is 51.3 Å². The summed E-state index contributed by atoms with van der Waals surface area (Å²) < 4.78 is 40.0. The summed E-state index contributed by atoms with van der Waals surface area (Å²) in [4.78, 5) is 15.6. The summed E-state index contributed by atoms with van der Waals surface area (Å²) in [5.41, 5.74) is 0.901. The lowest BCUT2D eigenvalue weighted by molar-refractivity contribution is 0.254. The van der Waals surface area contributed by atoms with Crippen molar-refractivity contribution >= 4 is 11.8 Å². The average Bonchev–Trinajstić information content (AvgIpc) is 2.92. The molecule has 0 bridgehead atoms. The second-order valence-electron chi connectivity index (χ2n) is 9.68. The fourth-order valence-electron chi connectivity index (χ4n) is 4.33. The fraction of sp³-hybridized carbons (Fsp3) is 0.483. The molecular weight excluding hydrogens is 502 g/mol. The molecule has 2 N–H and O–H groups in total. The maximum Gasteiger partial charge on any atom is 0.227 e. The molecule has 0 amide bonds. The lowest BCUT2D eigenvalue weighted by Crippen LogP contribution is -2.55. The number of halogens is 2. The monoisotopic (exact) mass is 542 g/mol. The Morgan fingerprint density at radius 3 is 2.49 bits per heavy atom. The maximum atomic E-state index is 14.7. The van der Waals surface area contributed by atoms with Gasteiger partial charge in [0.15, 0.2) is 17.3 Å². The first-order valence-corrected chi connectivity index (χ1v) is 13.4. The molecule has 8 nitrogen and oxygen atoms in total. The maximum absolute atomic E-state index is 14.7. The van der Waals surface area contributed by atoms with Crippen LogP contribution in [0.2, 0.25) is 0 Å². The summed E-state index contributed by atoms with van der Waals surface area (Å²) >= 11 is 0. The molecule has 2 atom stereocenters. The molecule has 1 fully saturated rings. The predicted octanol–water partition coefficient (Wildman–Crippen LogP) is 5.62. The van der Waals surface area contributed by atoms with Crippen LogP contribution in [0.1, 0.15) is 58.6 Å². The smallest absolute Gasteiger partial charge is 0.227 e. The standard InChI is InChI=1S/C29H40F2N6O2/c1-7-9-10-11-23(13-32-21(5)37-16-19(3)35-20(4)17-37)36-29-33-14-24(15-34-29)39-18-25-27(30)22(8-2)12-26(38-6)28(25)31/h10-15,19-20,35H,7-9,16-18H2,1-6H3,(H,33,34,36)/b11-10+,23-13+,32-21?/t19-,20+. The van der Waals surface area contributed by atoms with Gasteiger partial charge in [-0.15, -0.1) is 0 Å². The number of nitrogens with zero attached hydrogens (tertiary/aromatic N) is 4. The van der Waals surface area contributed by atoms with E-state index < -0.39 is 11.6 Å². The Labute approximate surface area is 230 Å². The lowest BCUT2D eigenvalue weighted by atomic mass is 10.1. The lowest BCUT2D eigenvalue weighted by Gasteiger charge is -2.37. The highest BCUT2D eigenvalue weighted by molar-refractivity contribution is 5.80. The van der Waals surface area contributed by atoms with E-state index in [1.54, 1.807) is 13.1 Å². The van der Waals surface area contributed by atoms with Crippen molar-refractivity contribution in [3.63, 3.8) is 0 Å². The number of aliphatic imine (C=N–C) groups is 1. The normalized spacial score (nSPS) is 18.5. The van der Waals surface area contributed by atoms with Gasteiger partial charge in [0.25, 0.3) is 0 Å². The molecule has 0 saturated carbocycles. The van der Waals surface area contributed by atoms with E-state index in [9.17, 15) is 8.78 Å². The van der Waals surface area contributed by atoms with Crippen LogP contribution in [0.25, 0.3) is 0 Å². The largest absolute Gasteiger partial charge is 0.494 e. The zero-order chi connectivity index (χ0) is 28.4. The molecule has 1 aromatic carbocycles. The van der Waals surface area contributed by atoms with Crippen LogP contribution in [0, 0.1) is 11.6 Å². The van der Waals surface area contributed by atoms with Crippen molar-refractivity contribution in [3.8, 4) is 11.5 Å². The van der Waals surface area contributed by atoms with E-state index in [-0.39, 0.29) is 23.7 Å². The topological polar surface area (TPSA) is 83.9 Å². The quantitative estimate of drug-likeness (QED) is 0.217. The first-order valence-electron chi connectivity index (χ1n) is 13.4. The summed E-state index contributed by atoms with van der Waals surface area (Å²) in [7, 11) is 1.35. The minimum Gasteiger partial charge on any atom is -0.494 e. The molecule has 0 radical (unpaired) electrons. The highest BCUT2D eigenvalue weighted by atomic mass is 19.1. The second-order valence-corrected chi connectivity index (χ2v) is 9.68. The van der Waals surface area contributed by atoms with E-state index in [2.05, 4.69) is 52.3 Å². The third-order valence-corrected chi connectivity index (χ3v) is 6.36. The first-order chi connectivity index (χ1) is 18.7. The molecule has 0 spiro atoms. The van der Waals surface area contributed by atoms with Crippen LogP contribution in [0.4, 0.5) is 14.7 Å². The Hall–Kier alpha value is -3.53. The van der Waals surface area contributed by atoms with Gasteiger partial charge in [0.2, 0.25) is 5.95 Å². The number of unbranched alkanes of at least 4 members (excludes halogenated alkanes) is 1. The summed E-state index contributed by atoms with van der Waals surface area (Å²) in [5.74, 6) is 0.134. The molecule has 0 aliphatic carbocycles. The van der Waals surface area contributed by atoms with Gasteiger partial charge in [-0.2, -0.15) is 0 Å². The summed E-state index contributed by atoms with van der Waals surface area (Å²) in [6.07, 6.45) is 11.1. The van der Waals surface area contributed by atoms with Crippen LogP contribution in [-0.2, 0) is 13.0 Å². The van der Waals surface area contributed by atoms with Gasteiger partial charge in [0, 0.05) is 25.2 Å². The van der Waals surface area contributed by atoms with E-state index in [4.69, 9.17) is 14.5 Å². The Morgan fingerprint density at radius 1 is 1.18 bits per heavy atom. The minimum absolute atomic E-state index is 0.0167. The molecule has 212 valence electrons. The molecule has 2 aromatic rings. The van der Waals surface area contributed by atoms with Gasteiger partial charge in [0.1, 0.15) is 18.3 Å². The number of aryl methyl sites for hydroxylation is 1. The van der Waals surface area contributed by atoms with Crippen LogP contribution in [0.3, 0.4) is 0 Å². The number of allylic oxidation sites excluding steroid dienone is 2. The van der Waals surface area contributed by atoms with Crippen molar-refractivity contribution in [2.24, 2.45) is 4.99 Å². The molecule has 10 heteroatoms. The van der Waals surface area contributed by atoms with Gasteiger partial charge in [-0.25, -0.2) is 23.7 Å². The number of hydrogen-bond acceptors (Lipinski definition) is 7. The van der Waals surface area contributed by atoms with E-state index >= 15 is 0 Å². The Bertz CT molecular complexity index is 1150. The van der Waals surface area contributed by atoms with Crippen LogP contribution in [-0.4, -0.2) is 53.0 Å². The number of hydrogen-bond donors (Lipinski definition) is 2. The number of methoxy groups -OCH3 is 1. The molecule has 3 rings (SSSR count). The molecule has 1 aliphatic heterocycles. The second kappa shape index (κ2) is 14.6. The van der Waals surface area contributed by atoms with Crippen LogP contribution >= 0.6 is 0 Å². The van der Waals surface area contributed by atoms with Gasteiger partial charge < -0.3 is 25.0 Å². The Kier molecular flexibility index (Phi) is 11.2. The number of nitrogens with one attached hydrogen (secondary N) is 2. The summed E-state index contributed by atoms with van der Waals surface area (Å²) in [6.45, 7) is 11.7. The Balaban J connectivity index is 1.71. The van der Waals surface area contributed by atoms with Crippen molar-refractivity contribution in [1.82, 2.24) is 20.2 Å². The first kappa shape index (κ1) is 30.0. The number of piperazine rings is 1. The van der Waals surface area contributed by atoms with Crippen molar-refractivity contribution in [2.45, 2.75) is 72.6 Å². The highest BCUT2D eigenvalue weighted by Gasteiger charge is 2.21. The zero-order valence-electron chi connectivity index (χ0n) is 23.7. The molecule has 1 saturated heterocycles. The number of rotatable bonds is 11. The van der Waals surface area contributed by atoms with E-state index in [1.165, 1.54) is 25.6 Å². The third-order valence-electron chi connectivity index (χ3n) is 6.36. The summed E-state index contributed by atoms with van der Waals surface area (Å²) in [6, 6.07) is 2.16. The van der Waals surface area contributed by atoms with Crippen molar-refractivity contribution < 1.29 is 18.3 Å². The van der Waals surface area contributed by atoms with E-state index in [1.807, 2.05) is 13.0 Å². The summed E-state index contributed by atoms with van der Waals surface area (Å²) in [5, 5.41) is 6.71. The SMILES string of the molecule is CCC/C=C/C(=C\N=C(C)N1C[C@@H](C)N[C@@H](C)C1)Nc1ncc(OCc2c(F)c(CC)cc(OC)c2F)cn1. The van der Waals surface area contributed by atoms with Crippen molar-refractivity contribution in [3.05, 3.63) is 65.3 Å². The fourth-order valence-corrected chi connectivity index (χ4v) is 4.33. The van der Waals surface area contributed by atoms with Crippen LogP contribution < -0.4 is 20.1 Å². The third kappa shape index (κ3) is 8.48. The number of aromatic nitrogens is 2. The predicted molar refractivity (Wildman–Crippen MR) is 151 cm³/mol. The van der Waals surface area contributed by atoms with E-state index in [0.29, 0.717) is 30.0 Å². The Morgan fingerprint density at radius 2 is 1.87 bits per heavy atom. The van der Waals surface area contributed by atoms with Gasteiger partial charge in [0.05, 0.1) is 37.0 Å². The molecule has 39 heavy (non-hydrogen) atoms. The van der Waals surface area contributed by atoms with Crippen molar-refractivity contribution in [2.75, 3.05) is 25.5 Å². The van der Waals surface area contributed by atoms with Crippen LogP contribution in [0.15, 0.2) is 47.5 Å². The van der Waals surface area contributed by atoms with E-state index in [0.717, 1.165) is 37.5 Å². The van der Waals surface area contributed by atoms with Crippen LogP contribution in [0.5, 0.6) is 11.5 Å². The zero-order valence-corrected chi connectivity index (χ0v) is 23.7. The number of ether oxygens (including phenoxy) is 2. The average molecular weight is 543 g/mol. The van der Waals surface area contributed by atoms with Gasteiger partial charge in [-0.3, -0.25) is 0 Å². The molecule has 0 unspecified atom stereocenters. The highest BCUT2D eigenvalue weighted by Crippen LogP contribution is 2.28. The minimum atomic E-state index is -0.777. The number of benzene rings is 1. The van der Waals surface area contributed by atoms with Crippen molar-refractivity contribution in [1.29, 1.82) is 0 Å². The molecule has 2 heterocycles. The van der Waals surface area contributed by atoms with Gasteiger partial charge in [-0.1, -0.05) is 26.3 Å². The number of anilines is 1. The number of amidine groups is 1.